The van der Waals surface area contributed by atoms with E-state index >= 15 is 0 Å². The third kappa shape index (κ3) is 5.47. The van der Waals surface area contributed by atoms with Gasteiger partial charge in [-0.1, -0.05) is 18.6 Å². The van der Waals surface area contributed by atoms with Gasteiger partial charge in [0.05, 0.1) is 19.5 Å². The fourth-order valence-electron chi connectivity index (χ4n) is 3.44. The lowest BCUT2D eigenvalue weighted by molar-refractivity contribution is -0.0353. The first-order valence-corrected chi connectivity index (χ1v) is 13.6. The van der Waals surface area contributed by atoms with Crippen LogP contribution in [0.1, 0.15) is 32.9 Å². The van der Waals surface area contributed by atoms with Gasteiger partial charge in [0.15, 0.2) is 23.2 Å². The molecule has 31 heavy (non-hydrogen) atoms. The van der Waals surface area contributed by atoms with E-state index in [2.05, 4.69) is 59.8 Å². The molecule has 0 amide bonds. The molecule has 2 aromatic heterocycles. The van der Waals surface area contributed by atoms with Gasteiger partial charge in [-0.15, -0.1) is 13.2 Å². The van der Waals surface area contributed by atoms with Gasteiger partial charge in [-0.25, -0.2) is 4.98 Å². The topological polar surface area (TPSA) is 115 Å². The molecule has 0 aliphatic carbocycles. The van der Waals surface area contributed by atoms with Crippen LogP contribution in [-0.2, 0) is 4.74 Å². The van der Waals surface area contributed by atoms with Crippen LogP contribution < -0.4 is 10.1 Å². The molecule has 0 spiro atoms. The first kappa shape index (κ1) is 23.7. The number of hydrogen-bond acceptors (Lipinski definition) is 8. The molecule has 172 valence electrons. The van der Waals surface area contributed by atoms with Crippen molar-refractivity contribution in [3.05, 3.63) is 18.0 Å². The number of rotatable bonds is 9. The summed E-state index contributed by atoms with van der Waals surface area (Å²) in [5, 5.41) is 24.5. The summed E-state index contributed by atoms with van der Waals surface area (Å²) in [6.45, 7) is 7.79. The van der Waals surface area contributed by atoms with Crippen molar-refractivity contribution in [3.8, 4) is 6.01 Å². The zero-order valence-electron chi connectivity index (χ0n) is 18.9. The van der Waals surface area contributed by atoms with Crippen LogP contribution in [0.15, 0.2) is 18.0 Å². The molecule has 0 radical (unpaired) electrons. The van der Waals surface area contributed by atoms with Gasteiger partial charge in [0.25, 0.3) is 0 Å². The Morgan fingerprint density at radius 1 is 1.35 bits per heavy atom. The lowest BCUT2D eigenvalue weighted by Crippen LogP contribution is -2.31. The van der Waals surface area contributed by atoms with Crippen molar-refractivity contribution >= 4 is 30.2 Å². The highest BCUT2D eigenvalue weighted by molar-refractivity contribution is 7.72. The highest BCUT2D eigenvalue weighted by Gasteiger charge is 2.44. The number of aromatic nitrogens is 4. The predicted octanol–water partition coefficient (Wildman–Crippen LogP) is 2.32. The second-order valence-corrected chi connectivity index (χ2v) is 13.0. The summed E-state index contributed by atoms with van der Waals surface area (Å²) in [7, 11) is 1.50. The summed E-state index contributed by atoms with van der Waals surface area (Å²) in [5.74, 6) is 0.536. The van der Waals surface area contributed by atoms with Crippen LogP contribution in [0.25, 0.3) is 11.2 Å². The van der Waals surface area contributed by atoms with E-state index in [1.807, 2.05) is 0 Å². The fourth-order valence-corrected chi connectivity index (χ4v) is 4.39. The number of fused-ring (bicyclic) bond motifs is 1. The van der Waals surface area contributed by atoms with E-state index in [4.69, 9.17) is 9.47 Å². The van der Waals surface area contributed by atoms with Gasteiger partial charge >= 0.3 is 6.01 Å². The van der Waals surface area contributed by atoms with Gasteiger partial charge in [-0.05, 0) is 39.3 Å². The van der Waals surface area contributed by atoms with Crippen LogP contribution in [0.3, 0.4) is 0 Å². The Hall–Kier alpha value is -1.93. The van der Waals surface area contributed by atoms with Gasteiger partial charge in [-0.3, -0.25) is 4.57 Å². The van der Waals surface area contributed by atoms with E-state index in [1.165, 1.54) is 12.7 Å². The highest BCUT2D eigenvalue weighted by Crippen LogP contribution is 2.40. The summed E-state index contributed by atoms with van der Waals surface area (Å²) in [5.41, 5.74) is 2.28. The second-order valence-electron chi connectivity index (χ2n) is 8.66. The summed E-state index contributed by atoms with van der Waals surface area (Å²) >= 11 is 0. The summed E-state index contributed by atoms with van der Waals surface area (Å²) in [6.07, 6.45) is 6.99. The largest absolute Gasteiger partial charge is 0.467 e. The van der Waals surface area contributed by atoms with E-state index in [0.717, 1.165) is 12.6 Å². The maximum atomic E-state index is 10.7. The van der Waals surface area contributed by atoms with Gasteiger partial charge in [-0.2, -0.15) is 9.97 Å². The zero-order valence-corrected chi connectivity index (χ0v) is 19.8. The normalized spacial score (nSPS) is 24.7. The predicted molar refractivity (Wildman–Crippen MR) is 126 cm³/mol. The minimum absolute atomic E-state index is 0.182. The van der Waals surface area contributed by atoms with Crippen LogP contribution in [0.2, 0.25) is 0 Å². The van der Waals surface area contributed by atoms with Crippen LogP contribution in [0.5, 0.6) is 6.01 Å². The minimum atomic E-state index is -1.26. The van der Waals surface area contributed by atoms with E-state index in [-0.39, 0.29) is 6.01 Å². The number of nitrogens with one attached hydrogen (secondary N) is 1. The zero-order chi connectivity index (χ0) is 22.8. The SMILES string of the molecule is C=P(C)(C)CCC1OC(n2cnc3c(NC/C=C(/C)CC)nc(OC)nc32)[C@H](O)[C@@H]1O. The molecular weight excluding hydrogens is 417 g/mol. The van der Waals surface area contributed by atoms with E-state index in [9.17, 15) is 10.2 Å². The first-order chi connectivity index (χ1) is 14.6. The lowest BCUT2D eigenvalue weighted by atomic mass is 10.1. The molecular formula is C21H34N5O4P. The minimum Gasteiger partial charge on any atom is -0.467 e. The van der Waals surface area contributed by atoms with Gasteiger partial charge in [0.2, 0.25) is 0 Å². The Kier molecular flexibility index (Phi) is 7.42. The maximum absolute atomic E-state index is 10.7. The molecule has 1 fully saturated rings. The van der Waals surface area contributed by atoms with E-state index < -0.39 is 31.4 Å². The maximum Gasteiger partial charge on any atom is 0.320 e. The van der Waals surface area contributed by atoms with Crippen molar-refractivity contribution < 1.29 is 19.7 Å². The molecule has 0 aromatic carbocycles. The average Bonchev–Trinajstić information content (AvgIpc) is 3.27. The highest BCUT2D eigenvalue weighted by atomic mass is 31.2. The lowest BCUT2D eigenvalue weighted by Gasteiger charge is -2.18. The van der Waals surface area contributed by atoms with Crippen LogP contribution in [0, 0.1) is 0 Å². The Morgan fingerprint density at radius 2 is 2.10 bits per heavy atom. The van der Waals surface area contributed by atoms with Crippen molar-refractivity contribution in [2.45, 2.75) is 51.2 Å². The van der Waals surface area contributed by atoms with Crippen molar-refractivity contribution in [2.24, 2.45) is 0 Å². The summed E-state index contributed by atoms with van der Waals surface area (Å²) in [6, 6.07) is 0.182. The molecule has 2 unspecified atom stereocenters. The Balaban J connectivity index is 1.89. The molecule has 9 nitrogen and oxygen atoms in total. The number of allylic oxidation sites excluding steroid dienone is 1. The number of aliphatic hydroxyl groups is 2. The van der Waals surface area contributed by atoms with Crippen LogP contribution in [0.4, 0.5) is 5.82 Å². The fraction of sp³-hybridized carbons (Fsp3) is 0.619. The van der Waals surface area contributed by atoms with Gasteiger partial charge in [0.1, 0.15) is 12.2 Å². The number of aliphatic hydroxyl groups excluding tert-OH is 2. The molecule has 1 aliphatic rings. The quantitative estimate of drug-likeness (QED) is 0.393. The molecule has 2 aromatic rings. The standard InChI is InChI=1S/C21H34N5O4P/c1-7-13(2)8-10-22-18-15-19(25-21(24-18)29-3)26(12-23-15)20-17(28)16(27)14(30-20)9-11-31(4,5)6/h8,12,14,16-17,20,27-28H,4,7,9-11H2,1-3,5-6H3,(H,22,24,25)/b13-8-/t14?,16-,17-,20?/m1/s1. The molecule has 0 saturated carbocycles. The van der Waals surface area contributed by atoms with E-state index in [0.29, 0.717) is 29.9 Å². The second kappa shape index (κ2) is 9.69. The molecule has 1 aliphatic heterocycles. The number of ether oxygens (including phenoxy) is 2. The van der Waals surface area contributed by atoms with Gasteiger partial charge in [0, 0.05) is 6.54 Å². The number of nitrogens with zero attached hydrogens (tertiary/aromatic N) is 4. The number of hydrogen-bond donors (Lipinski definition) is 3. The molecule has 1 saturated heterocycles. The van der Waals surface area contributed by atoms with Crippen molar-refractivity contribution in [1.82, 2.24) is 19.5 Å². The summed E-state index contributed by atoms with van der Waals surface area (Å²) in [4.78, 5) is 13.3. The molecule has 3 rings (SSSR count). The number of imidazole rings is 1. The summed E-state index contributed by atoms with van der Waals surface area (Å²) < 4.78 is 13.0. The van der Waals surface area contributed by atoms with E-state index in [1.54, 1.807) is 10.9 Å². The third-order valence-electron chi connectivity index (χ3n) is 5.49. The Labute approximate surface area is 183 Å². The Bertz CT molecular complexity index is 986. The molecule has 10 heteroatoms. The third-order valence-corrected chi connectivity index (χ3v) is 6.96. The first-order valence-electron chi connectivity index (χ1n) is 10.5. The average molecular weight is 452 g/mol. The van der Waals surface area contributed by atoms with Crippen molar-refractivity contribution in [1.29, 1.82) is 0 Å². The molecule has 4 atom stereocenters. The smallest absolute Gasteiger partial charge is 0.320 e. The Morgan fingerprint density at radius 3 is 2.74 bits per heavy atom. The monoisotopic (exact) mass is 451 g/mol. The van der Waals surface area contributed by atoms with Crippen molar-refractivity contribution in [2.75, 3.05) is 38.5 Å². The number of anilines is 1. The molecule has 3 N–H and O–H groups in total. The van der Waals surface area contributed by atoms with Crippen molar-refractivity contribution in [3.63, 3.8) is 0 Å². The number of methoxy groups -OCH3 is 1. The van der Waals surface area contributed by atoms with Crippen LogP contribution >= 0.6 is 6.89 Å². The molecule has 0 bridgehead atoms. The molecule has 3 heterocycles. The van der Waals surface area contributed by atoms with Gasteiger partial charge < -0.3 is 25.0 Å². The van der Waals surface area contributed by atoms with Crippen LogP contribution in [-0.4, -0.2) is 87.5 Å².